The first-order valence-corrected chi connectivity index (χ1v) is 12.6. The van der Waals surface area contributed by atoms with Gasteiger partial charge in [-0.15, -0.1) is 0 Å². The maximum Gasteiger partial charge on any atom is 0.252 e. The van der Waals surface area contributed by atoms with Crippen molar-refractivity contribution in [2.75, 3.05) is 23.5 Å². The summed E-state index contributed by atoms with van der Waals surface area (Å²) in [6.45, 7) is 0. The van der Waals surface area contributed by atoms with Crippen LogP contribution in [0, 0.1) is 0 Å². The fraction of sp³-hybridized carbons (Fsp3) is 0.300. The van der Waals surface area contributed by atoms with Gasteiger partial charge >= 0.3 is 0 Å². The molecule has 158 valence electrons. The molecule has 2 atom stereocenters. The van der Waals surface area contributed by atoms with Gasteiger partial charge in [-0.25, -0.2) is 8.42 Å². The fourth-order valence-electron chi connectivity index (χ4n) is 3.70. The van der Waals surface area contributed by atoms with Gasteiger partial charge in [0.15, 0.2) is 15.0 Å². The monoisotopic (exact) mass is 484 g/mol. The molecule has 2 fully saturated rings. The van der Waals surface area contributed by atoms with E-state index in [-0.39, 0.29) is 35.1 Å². The average Bonchev–Trinajstić information content (AvgIpc) is 3.14. The third kappa shape index (κ3) is 4.19. The molecule has 0 N–H and O–H groups in total. The molecule has 2 saturated heterocycles. The molecule has 0 unspecified atom stereocenters. The number of hydrogen-bond donors (Lipinski definition) is 0. The summed E-state index contributed by atoms with van der Waals surface area (Å²) in [4.78, 5) is 18.8. The largest absolute Gasteiger partial charge is 0.496 e. The Balaban J connectivity index is 1.70. The fourth-order valence-corrected chi connectivity index (χ4v) is 8.20. The first-order chi connectivity index (χ1) is 14.3. The number of halogens is 2. The van der Waals surface area contributed by atoms with E-state index in [1.807, 2.05) is 18.2 Å². The molecule has 1 amide bonds. The summed E-state index contributed by atoms with van der Waals surface area (Å²) < 4.78 is 29.7. The van der Waals surface area contributed by atoms with Crippen LogP contribution in [0.25, 0.3) is 0 Å². The normalized spacial score (nSPS) is 23.6. The smallest absolute Gasteiger partial charge is 0.252 e. The minimum atomic E-state index is -3.19. The van der Waals surface area contributed by atoms with Crippen LogP contribution >= 0.6 is 35.0 Å². The number of thioether (sulfide) groups is 1. The molecule has 2 aliphatic heterocycles. The predicted molar refractivity (Wildman–Crippen MR) is 122 cm³/mol. The number of sulfone groups is 1. The van der Waals surface area contributed by atoms with Crippen molar-refractivity contribution in [3.05, 3.63) is 58.1 Å². The number of nitrogens with zero attached hydrogens (tertiary/aromatic N) is 2. The number of aliphatic imine (C=N–C) groups is 1. The number of benzene rings is 2. The van der Waals surface area contributed by atoms with Crippen LogP contribution in [0.15, 0.2) is 47.5 Å². The summed E-state index contributed by atoms with van der Waals surface area (Å²) in [5.41, 5.74) is 1.20. The second kappa shape index (κ2) is 8.42. The molecule has 0 aromatic heterocycles. The third-order valence-electron chi connectivity index (χ3n) is 5.00. The van der Waals surface area contributed by atoms with Crippen molar-refractivity contribution in [3.63, 3.8) is 0 Å². The number of carbonyl (C=O) groups excluding carboxylic acids is 1. The quantitative estimate of drug-likeness (QED) is 0.655. The van der Waals surface area contributed by atoms with Crippen LogP contribution in [0.2, 0.25) is 10.0 Å². The van der Waals surface area contributed by atoms with Crippen molar-refractivity contribution in [3.8, 4) is 5.75 Å². The van der Waals surface area contributed by atoms with Gasteiger partial charge in [0.2, 0.25) is 0 Å². The summed E-state index contributed by atoms with van der Waals surface area (Å²) in [5, 5.41) is 0.922. The number of carbonyl (C=O) groups is 1. The highest BCUT2D eigenvalue weighted by molar-refractivity contribution is 8.16. The van der Waals surface area contributed by atoms with Gasteiger partial charge in [-0.3, -0.25) is 4.79 Å². The Bertz CT molecular complexity index is 1120. The van der Waals surface area contributed by atoms with E-state index in [1.165, 1.54) is 11.8 Å². The zero-order chi connectivity index (χ0) is 21.5. The molecule has 0 saturated carbocycles. The first kappa shape index (κ1) is 21.5. The number of amidine groups is 1. The van der Waals surface area contributed by atoms with E-state index in [9.17, 15) is 13.2 Å². The van der Waals surface area contributed by atoms with Crippen LogP contribution in [0.3, 0.4) is 0 Å². The van der Waals surface area contributed by atoms with Gasteiger partial charge in [-0.1, -0.05) is 59.2 Å². The van der Waals surface area contributed by atoms with E-state index in [0.29, 0.717) is 26.6 Å². The Morgan fingerprint density at radius 2 is 1.87 bits per heavy atom. The average molecular weight is 485 g/mol. The van der Waals surface area contributed by atoms with E-state index in [0.717, 1.165) is 5.56 Å². The summed E-state index contributed by atoms with van der Waals surface area (Å²) in [6, 6.07) is 11.9. The van der Waals surface area contributed by atoms with E-state index in [4.69, 9.17) is 27.9 Å². The van der Waals surface area contributed by atoms with Crippen molar-refractivity contribution in [2.45, 2.75) is 17.7 Å². The molecule has 2 aromatic carbocycles. The van der Waals surface area contributed by atoms with Crippen LogP contribution in [0.4, 0.5) is 5.69 Å². The first-order valence-electron chi connectivity index (χ1n) is 9.13. The summed E-state index contributed by atoms with van der Waals surface area (Å²) in [7, 11) is -1.64. The third-order valence-corrected chi connectivity index (χ3v) is 8.82. The number of amides is 1. The van der Waals surface area contributed by atoms with Gasteiger partial charge in [0.1, 0.15) is 5.75 Å². The molecule has 2 aliphatic rings. The standard InChI is InChI=1S/C20H18Cl2N2O4S2/c1-28-16-8-3-2-5-12(16)9-18(25)23-20-24(19-13(21)6-4-7-14(19)22)15-10-30(26,27)11-17(15)29-20/h2-8,15,17H,9-11H2,1H3/t15-,17+/m1/s1. The summed E-state index contributed by atoms with van der Waals surface area (Å²) in [5.74, 6) is 0.240. The molecule has 4 rings (SSSR count). The zero-order valence-corrected chi connectivity index (χ0v) is 19.1. The van der Waals surface area contributed by atoms with E-state index >= 15 is 0 Å². The second-order valence-electron chi connectivity index (χ2n) is 7.02. The number of anilines is 1. The number of para-hydroxylation sites is 2. The number of methoxy groups -OCH3 is 1. The Hall–Kier alpha value is -1.74. The Kier molecular flexibility index (Phi) is 6.03. The Morgan fingerprint density at radius 3 is 2.57 bits per heavy atom. The molecule has 0 spiro atoms. The molecular formula is C20H18Cl2N2O4S2. The SMILES string of the molecule is COc1ccccc1CC(=O)N=C1S[C@H]2CS(=O)(=O)C[C@H]2N1c1c(Cl)cccc1Cl. The molecular weight excluding hydrogens is 467 g/mol. The number of hydrogen-bond acceptors (Lipinski definition) is 5. The molecule has 30 heavy (non-hydrogen) atoms. The summed E-state index contributed by atoms with van der Waals surface area (Å²) >= 11 is 14.1. The maximum atomic E-state index is 12.8. The minimum Gasteiger partial charge on any atom is -0.496 e. The van der Waals surface area contributed by atoms with Gasteiger partial charge in [0, 0.05) is 10.8 Å². The van der Waals surface area contributed by atoms with Gasteiger partial charge in [-0.05, 0) is 18.2 Å². The van der Waals surface area contributed by atoms with E-state index < -0.39 is 9.84 Å². The van der Waals surface area contributed by atoms with Crippen molar-refractivity contribution < 1.29 is 17.9 Å². The predicted octanol–water partition coefficient (Wildman–Crippen LogP) is 3.85. The molecule has 0 radical (unpaired) electrons. The Labute approximate surface area is 189 Å². The number of ether oxygens (including phenoxy) is 1. The van der Waals surface area contributed by atoms with Crippen molar-refractivity contribution >= 4 is 61.6 Å². The molecule has 2 heterocycles. The van der Waals surface area contributed by atoms with Crippen molar-refractivity contribution in [1.82, 2.24) is 0 Å². The lowest BCUT2D eigenvalue weighted by atomic mass is 10.1. The van der Waals surface area contributed by atoms with Crippen molar-refractivity contribution in [2.24, 2.45) is 4.99 Å². The lowest BCUT2D eigenvalue weighted by Gasteiger charge is -2.26. The van der Waals surface area contributed by atoms with E-state index in [1.54, 1.807) is 36.3 Å². The van der Waals surface area contributed by atoms with Crippen LogP contribution in [0.1, 0.15) is 5.56 Å². The highest BCUT2D eigenvalue weighted by atomic mass is 35.5. The Morgan fingerprint density at radius 1 is 1.17 bits per heavy atom. The van der Waals surface area contributed by atoms with Crippen molar-refractivity contribution in [1.29, 1.82) is 0 Å². The summed E-state index contributed by atoms with van der Waals surface area (Å²) in [6.07, 6.45) is 0.0613. The lowest BCUT2D eigenvalue weighted by molar-refractivity contribution is -0.117. The molecule has 6 nitrogen and oxygen atoms in total. The lowest BCUT2D eigenvalue weighted by Crippen LogP contribution is -2.38. The van der Waals surface area contributed by atoms with Gasteiger partial charge < -0.3 is 9.64 Å². The molecule has 0 aliphatic carbocycles. The molecule has 2 aromatic rings. The minimum absolute atomic E-state index is 0.0284. The van der Waals surface area contributed by atoms with Crippen LogP contribution < -0.4 is 9.64 Å². The highest BCUT2D eigenvalue weighted by Gasteiger charge is 2.50. The molecule has 0 bridgehead atoms. The topological polar surface area (TPSA) is 76.0 Å². The van der Waals surface area contributed by atoms with Gasteiger partial charge in [0.05, 0.1) is 46.8 Å². The number of fused-ring (bicyclic) bond motifs is 1. The van der Waals surface area contributed by atoms with E-state index in [2.05, 4.69) is 4.99 Å². The van der Waals surface area contributed by atoms with Gasteiger partial charge in [-0.2, -0.15) is 4.99 Å². The zero-order valence-electron chi connectivity index (χ0n) is 15.9. The number of rotatable bonds is 4. The maximum absolute atomic E-state index is 12.8. The van der Waals surface area contributed by atoms with Gasteiger partial charge in [0.25, 0.3) is 5.91 Å². The van der Waals surface area contributed by atoms with Crippen LogP contribution in [-0.4, -0.2) is 49.4 Å². The highest BCUT2D eigenvalue weighted by Crippen LogP contribution is 2.45. The molecule has 10 heteroatoms. The van der Waals surface area contributed by atoms with Crippen LogP contribution in [0.5, 0.6) is 5.75 Å². The van der Waals surface area contributed by atoms with Crippen LogP contribution in [-0.2, 0) is 21.1 Å². The second-order valence-corrected chi connectivity index (χ2v) is 11.2.